The summed E-state index contributed by atoms with van der Waals surface area (Å²) in [6.45, 7) is 6.49. The van der Waals surface area contributed by atoms with Gasteiger partial charge >= 0.3 is 0 Å². The average molecular weight is 262 g/mol. The third kappa shape index (κ3) is 2.58. The van der Waals surface area contributed by atoms with Crippen LogP contribution >= 0.6 is 0 Å². The van der Waals surface area contributed by atoms with Crippen LogP contribution in [-0.4, -0.2) is 21.7 Å². The van der Waals surface area contributed by atoms with Gasteiger partial charge in [0, 0.05) is 12.8 Å². The third-order valence-corrected chi connectivity index (χ3v) is 3.12. The molecule has 0 amide bonds. The normalized spacial score (nSPS) is 14.3. The van der Waals surface area contributed by atoms with Gasteiger partial charge < -0.3 is 15.0 Å². The number of anilines is 1. The topological polar surface area (TPSA) is 87.1 Å². The molecule has 6 nitrogen and oxygen atoms in total. The first-order valence-corrected chi connectivity index (χ1v) is 6.28. The molecule has 2 N–H and O–H groups in total. The van der Waals surface area contributed by atoms with Crippen LogP contribution in [0.2, 0.25) is 0 Å². The van der Waals surface area contributed by atoms with Crippen LogP contribution in [-0.2, 0) is 10.3 Å². The fourth-order valence-electron chi connectivity index (χ4n) is 1.79. The van der Waals surface area contributed by atoms with E-state index in [4.69, 9.17) is 15.0 Å². The SMILES string of the molecule is CCOC(C)(CC)c1noc(-c2ccncc2N)n1. The van der Waals surface area contributed by atoms with E-state index in [0.29, 0.717) is 29.6 Å². The van der Waals surface area contributed by atoms with Crippen molar-refractivity contribution in [3.05, 3.63) is 24.3 Å². The summed E-state index contributed by atoms with van der Waals surface area (Å²) in [6.07, 6.45) is 3.95. The van der Waals surface area contributed by atoms with E-state index >= 15 is 0 Å². The van der Waals surface area contributed by atoms with Crippen molar-refractivity contribution >= 4 is 5.69 Å². The van der Waals surface area contributed by atoms with E-state index in [1.807, 2.05) is 20.8 Å². The summed E-state index contributed by atoms with van der Waals surface area (Å²) in [5.74, 6) is 0.914. The van der Waals surface area contributed by atoms with Gasteiger partial charge in [-0.25, -0.2) is 0 Å². The molecule has 2 rings (SSSR count). The predicted molar refractivity (Wildman–Crippen MR) is 71.2 cm³/mol. The summed E-state index contributed by atoms with van der Waals surface area (Å²) < 4.78 is 11.0. The molecule has 0 spiro atoms. The van der Waals surface area contributed by atoms with Crippen LogP contribution in [0.5, 0.6) is 0 Å². The Kier molecular flexibility index (Phi) is 3.80. The van der Waals surface area contributed by atoms with Crippen molar-refractivity contribution in [1.29, 1.82) is 0 Å². The molecule has 2 aromatic heterocycles. The molecule has 0 saturated carbocycles. The standard InChI is InChI=1S/C13H18N4O2/c1-4-13(3,18-5-2)12-16-11(19-17-12)9-6-7-15-8-10(9)14/h6-8H,4-5,14H2,1-3H3. The van der Waals surface area contributed by atoms with Crippen molar-refractivity contribution in [2.24, 2.45) is 0 Å². The molecular formula is C13H18N4O2. The molecule has 6 heteroatoms. The molecule has 0 radical (unpaired) electrons. The van der Waals surface area contributed by atoms with Gasteiger partial charge in [-0.2, -0.15) is 4.98 Å². The first-order valence-electron chi connectivity index (χ1n) is 6.28. The molecule has 102 valence electrons. The zero-order valence-electron chi connectivity index (χ0n) is 11.4. The van der Waals surface area contributed by atoms with Crippen molar-refractivity contribution in [2.75, 3.05) is 12.3 Å². The summed E-state index contributed by atoms with van der Waals surface area (Å²) in [6, 6.07) is 1.75. The van der Waals surface area contributed by atoms with E-state index in [-0.39, 0.29) is 0 Å². The van der Waals surface area contributed by atoms with E-state index < -0.39 is 5.60 Å². The molecule has 0 aliphatic heterocycles. The molecule has 2 heterocycles. The third-order valence-electron chi connectivity index (χ3n) is 3.12. The first kappa shape index (κ1) is 13.5. The van der Waals surface area contributed by atoms with E-state index in [1.165, 1.54) is 0 Å². The second-order valence-electron chi connectivity index (χ2n) is 4.40. The molecule has 0 aliphatic rings. The smallest absolute Gasteiger partial charge is 0.260 e. The van der Waals surface area contributed by atoms with Crippen molar-refractivity contribution < 1.29 is 9.26 Å². The van der Waals surface area contributed by atoms with Crippen LogP contribution in [0.1, 0.15) is 33.0 Å². The maximum atomic E-state index is 5.84. The summed E-state index contributed by atoms with van der Waals surface area (Å²) in [5.41, 5.74) is 6.49. The Morgan fingerprint density at radius 2 is 2.21 bits per heavy atom. The number of aromatic nitrogens is 3. The van der Waals surface area contributed by atoms with Crippen LogP contribution in [0.25, 0.3) is 11.5 Å². The molecule has 19 heavy (non-hydrogen) atoms. The minimum atomic E-state index is -0.543. The lowest BCUT2D eigenvalue weighted by atomic mass is 10.0. The van der Waals surface area contributed by atoms with Gasteiger partial charge in [-0.05, 0) is 26.3 Å². The Labute approximate surface area is 112 Å². The van der Waals surface area contributed by atoms with Gasteiger partial charge in [0.05, 0.1) is 17.4 Å². The number of hydrogen-bond donors (Lipinski definition) is 1. The van der Waals surface area contributed by atoms with Crippen LogP contribution in [0, 0.1) is 0 Å². The molecule has 1 unspecified atom stereocenters. The lowest BCUT2D eigenvalue weighted by Gasteiger charge is -2.23. The number of nitrogen functional groups attached to an aromatic ring is 1. The zero-order valence-corrected chi connectivity index (χ0v) is 11.4. The summed E-state index contributed by atoms with van der Waals surface area (Å²) >= 11 is 0. The lowest BCUT2D eigenvalue weighted by molar-refractivity contribution is -0.0403. The van der Waals surface area contributed by atoms with Gasteiger partial charge in [0.15, 0.2) is 0 Å². The van der Waals surface area contributed by atoms with Crippen LogP contribution < -0.4 is 5.73 Å². The highest BCUT2D eigenvalue weighted by molar-refractivity contribution is 5.68. The Morgan fingerprint density at radius 1 is 1.42 bits per heavy atom. The highest BCUT2D eigenvalue weighted by Gasteiger charge is 2.31. The number of nitrogens with two attached hydrogens (primary N) is 1. The highest BCUT2D eigenvalue weighted by atomic mass is 16.5. The van der Waals surface area contributed by atoms with Crippen molar-refractivity contribution in [3.63, 3.8) is 0 Å². The first-order chi connectivity index (χ1) is 9.10. The zero-order chi connectivity index (χ0) is 13.9. The van der Waals surface area contributed by atoms with E-state index in [1.54, 1.807) is 18.5 Å². The number of rotatable bonds is 5. The minimum Gasteiger partial charge on any atom is -0.397 e. The van der Waals surface area contributed by atoms with Gasteiger partial charge in [0.25, 0.3) is 5.89 Å². The number of ether oxygens (including phenoxy) is 1. The average Bonchev–Trinajstić information content (AvgIpc) is 2.89. The largest absolute Gasteiger partial charge is 0.397 e. The summed E-state index contributed by atoms with van der Waals surface area (Å²) in [4.78, 5) is 8.32. The second-order valence-corrected chi connectivity index (χ2v) is 4.40. The van der Waals surface area contributed by atoms with Gasteiger partial charge in [0.2, 0.25) is 5.82 Å². The van der Waals surface area contributed by atoms with Crippen molar-refractivity contribution in [1.82, 2.24) is 15.1 Å². The van der Waals surface area contributed by atoms with E-state index in [2.05, 4.69) is 15.1 Å². The van der Waals surface area contributed by atoms with Crippen LogP contribution in [0.3, 0.4) is 0 Å². The van der Waals surface area contributed by atoms with E-state index in [9.17, 15) is 0 Å². The second kappa shape index (κ2) is 5.36. The Hall–Kier alpha value is -1.95. The quantitative estimate of drug-likeness (QED) is 0.890. The van der Waals surface area contributed by atoms with Gasteiger partial charge in [-0.3, -0.25) is 4.98 Å². The molecule has 0 aliphatic carbocycles. The van der Waals surface area contributed by atoms with Crippen molar-refractivity contribution in [2.45, 2.75) is 32.8 Å². The molecule has 0 bridgehead atoms. The Morgan fingerprint density at radius 3 is 2.84 bits per heavy atom. The monoisotopic (exact) mass is 262 g/mol. The summed E-state index contributed by atoms with van der Waals surface area (Å²) in [7, 11) is 0. The Bertz CT molecular complexity index is 555. The number of pyridine rings is 1. The molecule has 0 saturated heterocycles. The van der Waals surface area contributed by atoms with Gasteiger partial charge in [0.1, 0.15) is 5.60 Å². The highest BCUT2D eigenvalue weighted by Crippen LogP contribution is 2.30. The van der Waals surface area contributed by atoms with E-state index in [0.717, 1.165) is 6.42 Å². The van der Waals surface area contributed by atoms with Gasteiger partial charge in [-0.1, -0.05) is 12.1 Å². The molecule has 0 fully saturated rings. The maximum absolute atomic E-state index is 5.84. The molecule has 2 aromatic rings. The minimum absolute atomic E-state index is 0.384. The van der Waals surface area contributed by atoms with Crippen LogP contribution in [0.15, 0.2) is 23.0 Å². The molecule has 0 aromatic carbocycles. The fraction of sp³-hybridized carbons (Fsp3) is 0.462. The van der Waals surface area contributed by atoms with Crippen LogP contribution in [0.4, 0.5) is 5.69 Å². The molecular weight excluding hydrogens is 244 g/mol. The Balaban J connectivity index is 2.36. The number of hydrogen-bond acceptors (Lipinski definition) is 6. The predicted octanol–water partition coefficient (Wildman–Crippen LogP) is 2.38. The maximum Gasteiger partial charge on any atom is 0.260 e. The fourth-order valence-corrected chi connectivity index (χ4v) is 1.79. The molecule has 1 atom stereocenters. The summed E-state index contributed by atoms with van der Waals surface area (Å²) in [5, 5.41) is 4.01. The van der Waals surface area contributed by atoms with Crippen molar-refractivity contribution in [3.8, 4) is 11.5 Å². The number of nitrogens with zero attached hydrogens (tertiary/aromatic N) is 3. The lowest BCUT2D eigenvalue weighted by Crippen LogP contribution is -2.26. The van der Waals surface area contributed by atoms with Gasteiger partial charge in [-0.15, -0.1) is 0 Å².